The first-order valence-corrected chi connectivity index (χ1v) is 9.47. The molecule has 1 heteroatoms. The zero-order valence-corrected chi connectivity index (χ0v) is 14.2. The van der Waals surface area contributed by atoms with Gasteiger partial charge in [-0.15, -0.1) is 0 Å². The first kappa shape index (κ1) is 14.3. The molecule has 7 atom stereocenters. The standard InChI is InChI=1S/C20H32O/c1-13-4-7-17-16-6-5-14-12-15(21)8-10-20(14,3)18(16)9-11-19(13,17)2/h13-14,16-18H,4-12H2,1-3H3/t13?,14?,16-,17-,18+,19+,20-/m0/s1. The molecule has 4 aliphatic rings. The molecule has 0 aliphatic heterocycles. The third kappa shape index (κ3) is 1.85. The summed E-state index contributed by atoms with van der Waals surface area (Å²) in [6.45, 7) is 7.67. The number of Topliss-reactive ketones (excluding diaryl/α,β-unsaturated/α-hetero) is 1. The number of carbonyl (C=O) groups excluding carboxylic acids is 1. The highest BCUT2D eigenvalue weighted by molar-refractivity contribution is 5.79. The van der Waals surface area contributed by atoms with Crippen molar-refractivity contribution in [2.75, 3.05) is 0 Å². The summed E-state index contributed by atoms with van der Waals surface area (Å²) in [5.74, 6) is 5.08. The number of rotatable bonds is 0. The lowest BCUT2D eigenvalue weighted by Gasteiger charge is -2.60. The molecule has 0 aromatic heterocycles. The van der Waals surface area contributed by atoms with Gasteiger partial charge in [-0.1, -0.05) is 20.8 Å². The van der Waals surface area contributed by atoms with Gasteiger partial charge in [0.05, 0.1) is 0 Å². The highest BCUT2D eigenvalue weighted by Gasteiger charge is 2.59. The van der Waals surface area contributed by atoms with E-state index >= 15 is 0 Å². The van der Waals surface area contributed by atoms with Crippen LogP contribution in [0.5, 0.6) is 0 Å². The summed E-state index contributed by atoms with van der Waals surface area (Å²) in [5.41, 5.74) is 1.12. The highest BCUT2D eigenvalue weighted by Crippen LogP contribution is 2.67. The molecule has 0 radical (unpaired) electrons. The molecule has 1 nitrogen and oxygen atoms in total. The zero-order valence-electron chi connectivity index (χ0n) is 14.2. The quantitative estimate of drug-likeness (QED) is 0.596. The van der Waals surface area contributed by atoms with Gasteiger partial charge in [-0.05, 0) is 85.4 Å². The minimum atomic E-state index is 0.490. The van der Waals surface area contributed by atoms with Gasteiger partial charge < -0.3 is 0 Å². The van der Waals surface area contributed by atoms with E-state index in [9.17, 15) is 4.79 Å². The smallest absolute Gasteiger partial charge is 0.133 e. The first-order valence-electron chi connectivity index (χ1n) is 9.47. The number of hydrogen-bond donors (Lipinski definition) is 0. The Morgan fingerprint density at radius 1 is 0.905 bits per heavy atom. The van der Waals surface area contributed by atoms with Crippen molar-refractivity contribution in [2.24, 2.45) is 40.4 Å². The van der Waals surface area contributed by atoms with Gasteiger partial charge in [-0.3, -0.25) is 4.79 Å². The van der Waals surface area contributed by atoms with Crippen LogP contribution in [-0.2, 0) is 4.79 Å². The van der Waals surface area contributed by atoms with Crippen molar-refractivity contribution < 1.29 is 4.79 Å². The highest BCUT2D eigenvalue weighted by atomic mass is 16.1. The lowest BCUT2D eigenvalue weighted by atomic mass is 9.45. The predicted molar refractivity (Wildman–Crippen MR) is 85.9 cm³/mol. The van der Waals surface area contributed by atoms with Gasteiger partial charge in [0.15, 0.2) is 0 Å². The largest absolute Gasteiger partial charge is 0.300 e. The Bertz CT molecular complexity index is 455. The van der Waals surface area contributed by atoms with E-state index in [0.717, 1.165) is 36.5 Å². The number of hydrogen-bond acceptors (Lipinski definition) is 1. The van der Waals surface area contributed by atoms with Gasteiger partial charge in [0.1, 0.15) is 5.78 Å². The Morgan fingerprint density at radius 2 is 1.67 bits per heavy atom. The molecule has 4 aliphatic carbocycles. The molecule has 0 bridgehead atoms. The molecule has 21 heavy (non-hydrogen) atoms. The van der Waals surface area contributed by atoms with E-state index in [1.165, 1.54) is 44.9 Å². The second-order valence-corrected chi connectivity index (χ2v) is 9.42. The summed E-state index contributed by atoms with van der Waals surface area (Å²) in [4.78, 5) is 11.9. The van der Waals surface area contributed by atoms with Crippen molar-refractivity contribution >= 4 is 5.78 Å². The summed E-state index contributed by atoms with van der Waals surface area (Å²) in [7, 11) is 0. The molecular formula is C20H32O. The van der Waals surface area contributed by atoms with Crippen LogP contribution >= 0.6 is 0 Å². The van der Waals surface area contributed by atoms with Crippen LogP contribution in [0, 0.1) is 40.4 Å². The fourth-order valence-electron chi connectivity index (χ4n) is 7.31. The Kier molecular flexibility index (Phi) is 3.12. The van der Waals surface area contributed by atoms with Crippen molar-refractivity contribution in [1.82, 2.24) is 0 Å². The molecule has 118 valence electrons. The van der Waals surface area contributed by atoms with Crippen LogP contribution in [-0.4, -0.2) is 5.78 Å². The molecule has 4 rings (SSSR count). The van der Waals surface area contributed by atoms with E-state index in [-0.39, 0.29) is 0 Å². The Balaban J connectivity index is 1.64. The van der Waals surface area contributed by atoms with Crippen LogP contribution in [0.15, 0.2) is 0 Å². The molecule has 4 fully saturated rings. The Labute approximate surface area is 130 Å². The second-order valence-electron chi connectivity index (χ2n) is 9.42. The van der Waals surface area contributed by atoms with E-state index in [1.807, 2.05) is 0 Å². The molecule has 2 unspecified atom stereocenters. The summed E-state index contributed by atoms with van der Waals surface area (Å²) in [6, 6.07) is 0. The monoisotopic (exact) mass is 288 g/mol. The van der Waals surface area contributed by atoms with E-state index in [4.69, 9.17) is 0 Å². The van der Waals surface area contributed by atoms with E-state index in [1.54, 1.807) is 0 Å². The SMILES string of the molecule is CC1CC[C@H]2[C@@H]3CCC4CC(=O)CC[C@]4(C)[C@@H]3CC[C@]12C. The molecule has 0 N–H and O–H groups in total. The summed E-state index contributed by atoms with van der Waals surface area (Å²) in [5, 5.41) is 0. The normalized spacial score (nSPS) is 56.5. The zero-order chi connectivity index (χ0) is 14.8. The molecule has 4 saturated carbocycles. The van der Waals surface area contributed by atoms with Crippen LogP contribution in [0.25, 0.3) is 0 Å². The van der Waals surface area contributed by atoms with Crippen LogP contribution in [0.1, 0.15) is 78.6 Å². The maximum Gasteiger partial charge on any atom is 0.133 e. The predicted octanol–water partition coefficient (Wildman–Crippen LogP) is 5.23. The van der Waals surface area contributed by atoms with Gasteiger partial charge in [0.25, 0.3) is 0 Å². The second kappa shape index (κ2) is 4.59. The average molecular weight is 288 g/mol. The molecule has 0 amide bonds. The Hall–Kier alpha value is -0.330. The minimum absolute atomic E-state index is 0.490. The van der Waals surface area contributed by atoms with Crippen LogP contribution < -0.4 is 0 Å². The van der Waals surface area contributed by atoms with Gasteiger partial charge in [-0.2, -0.15) is 0 Å². The van der Waals surface area contributed by atoms with E-state index in [2.05, 4.69) is 20.8 Å². The van der Waals surface area contributed by atoms with Gasteiger partial charge in [-0.25, -0.2) is 0 Å². The molecule has 0 aromatic rings. The Morgan fingerprint density at radius 3 is 2.48 bits per heavy atom. The van der Waals surface area contributed by atoms with Crippen molar-refractivity contribution in [2.45, 2.75) is 78.6 Å². The fraction of sp³-hybridized carbons (Fsp3) is 0.950. The summed E-state index contributed by atoms with van der Waals surface area (Å²) >= 11 is 0. The maximum atomic E-state index is 11.9. The average Bonchev–Trinajstić information content (AvgIpc) is 2.76. The lowest BCUT2D eigenvalue weighted by Crippen LogP contribution is -2.53. The molecule has 0 spiro atoms. The minimum Gasteiger partial charge on any atom is -0.300 e. The van der Waals surface area contributed by atoms with Crippen molar-refractivity contribution in [1.29, 1.82) is 0 Å². The third-order valence-electron chi connectivity index (χ3n) is 8.96. The van der Waals surface area contributed by atoms with Crippen LogP contribution in [0.2, 0.25) is 0 Å². The van der Waals surface area contributed by atoms with E-state index in [0.29, 0.717) is 22.5 Å². The number of fused-ring (bicyclic) bond motifs is 5. The van der Waals surface area contributed by atoms with Crippen molar-refractivity contribution in [3.63, 3.8) is 0 Å². The van der Waals surface area contributed by atoms with Gasteiger partial charge >= 0.3 is 0 Å². The third-order valence-corrected chi connectivity index (χ3v) is 8.96. The lowest BCUT2D eigenvalue weighted by molar-refractivity contribution is -0.139. The molecule has 0 saturated heterocycles. The van der Waals surface area contributed by atoms with Crippen LogP contribution in [0.3, 0.4) is 0 Å². The van der Waals surface area contributed by atoms with Gasteiger partial charge in [0, 0.05) is 12.8 Å². The molecule has 0 heterocycles. The first-order chi connectivity index (χ1) is 9.95. The number of carbonyl (C=O) groups is 1. The summed E-state index contributed by atoms with van der Waals surface area (Å²) in [6.07, 6.45) is 11.6. The van der Waals surface area contributed by atoms with Crippen molar-refractivity contribution in [3.8, 4) is 0 Å². The topological polar surface area (TPSA) is 17.1 Å². The van der Waals surface area contributed by atoms with Crippen LogP contribution in [0.4, 0.5) is 0 Å². The molecular weight excluding hydrogens is 256 g/mol. The number of ketones is 1. The maximum absolute atomic E-state index is 11.9. The van der Waals surface area contributed by atoms with Crippen molar-refractivity contribution in [3.05, 3.63) is 0 Å². The van der Waals surface area contributed by atoms with Gasteiger partial charge in [0.2, 0.25) is 0 Å². The summed E-state index contributed by atoms with van der Waals surface area (Å²) < 4.78 is 0. The van der Waals surface area contributed by atoms with E-state index < -0.39 is 0 Å². The fourth-order valence-corrected chi connectivity index (χ4v) is 7.31. The molecule has 0 aromatic carbocycles.